The summed E-state index contributed by atoms with van der Waals surface area (Å²) in [5.41, 5.74) is -1.13. The molecule has 2 saturated heterocycles. The number of piperidine rings is 1. The first-order valence-corrected chi connectivity index (χ1v) is 15.5. The molecule has 15 heteroatoms. The Morgan fingerprint density at radius 2 is 1.82 bits per heavy atom. The highest BCUT2D eigenvalue weighted by Crippen LogP contribution is 2.42. The maximum absolute atomic E-state index is 13.4. The minimum absolute atomic E-state index is 0.0175. The summed E-state index contributed by atoms with van der Waals surface area (Å²) in [5, 5.41) is 9.11. The summed E-state index contributed by atoms with van der Waals surface area (Å²) >= 11 is 0. The van der Waals surface area contributed by atoms with Crippen LogP contribution >= 0.6 is 0 Å². The smallest absolute Gasteiger partial charge is 0.369 e. The Labute approximate surface area is 277 Å². The number of anilines is 2. The highest BCUT2D eigenvalue weighted by molar-refractivity contribution is 6.23. The quantitative estimate of drug-likeness (QED) is 0.239. The van der Waals surface area contributed by atoms with Gasteiger partial charge in [-0.1, -0.05) is 17.9 Å². The zero-order valence-electron chi connectivity index (χ0n) is 25.6. The first kappa shape index (κ1) is 31.6. The van der Waals surface area contributed by atoms with Crippen LogP contribution in [0.15, 0.2) is 48.8 Å². The number of hydrogen-bond donors (Lipinski definition) is 2. The van der Waals surface area contributed by atoms with Crippen molar-refractivity contribution in [2.24, 2.45) is 5.92 Å². The monoisotopic (exact) mass is 669 g/mol. The normalized spacial score (nSPS) is 20.0. The molecule has 12 nitrogen and oxygen atoms in total. The molecule has 1 aliphatic carbocycles. The van der Waals surface area contributed by atoms with Crippen LogP contribution in [0, 0.1) is 24.3 Å². The number of carbonyl (C=O) groups is 5. The van der Waals surface area contributed by atoms with Crippen molar-refractivity contribution in [3.8, 4) is 11.8 Å². The van der Waals surface area contributed by atoms with Crippen molar-refractivity contribution >= 4 is 46.6 Å². The van der Waals surface area contributed by atoms with Crippen LogP contribution in [0.1, 0.15) is 63.9 Å². The Bertz CT molecular complexity index is 2060. The number of hydrogen-bond acceptors (Lipinski definition) is 7. The lowest BCUT2D eigenvalue weighted by molar-refractivity contribution is -0.137. The second kappa shape index (κ2) is 11.6. The minimum atomic E-state index is -4.75. The molecule has 0 bridgehead atoms. The molecule has 49 heavy (non-hydrogen) atoms. The molecule has 7 rings (SSSR count). The Morgan fingerprint density at radius 1 is 1.06 bits per heavy atom. The van der Waals surface area contributed by atoms with Crippen LogP contribution in [0.2, 0.25) is 0 Å². The van der Waals surface area contributed by atoms with Crippen LogP contribution in [-0.4, -0.2) is 63.3 Å². The topological polar surface area (TPSA) is 138 Å². The number of fused-ring (bicyclic) bond motifs is 1. The van der Waals surface area contributed by atoms with E-state index in [2.05, 4.69) is 32.4 Å². The maximum Gasteiger partial charge on any atom is 0.407 e. The molecule has 1 unspecified atom stereocenters. The van der Waals surface area contributed by atoms with Gasteiger partial charge in [-0.05, 0) is 56.0 Å². The predicted molar refractivity (Wildman–Crippen MR) is 166 cm³/mol. The van der Waals surface area contributed by atoms with Gasteiger partial charge >= 0.3 is 6.18 Å². The predicted octanol–water partition coefficient (Wildman–Crippen LogP) is 3.86. The van der Waals surface area contributed by atoms with Gasteiger partial charge in [0.25, 0.3) is 17.7 Å². The molecule has 1 saturated carbocycles. The number of rotatable bonds is 5. The van der Waals surface area contributed by atoms with E-state index in [1.165, 1.54) is 16.9 Å². The number of nitrogens with one attached hydrogen (secondary N) is 2. The average molecular weight is 670 g/mol. The van der Waals surface area contributed by atoms with E-state index in [0.29, 0.717) is 31.5 Å². The fourth-order valence-electron chi connectivity index (χ4n) is 6.50. The highest BCUT2D eigenvalue weighted by Gasteiger charge is 2.47. The number of carbonyl (C=O) groups excluding carboxylic acids is 5. The van der Waals surface area contributed by atoms with E-state index < -0.39 is 58.5 Å². The van der Waals surface area contributed by atoms with Crippen LogP contribution in [0.3, 0.4) is 0 Å². The Kier molecular flexibility index (Phi) is 7.50. The van der Waals surface area contributed by atoms with Crippen LogP contribution < -0.4 is 15.5 Å². The molecule has 4 heterocycles. The average Bonchev–Trinajstić information content (AvgIpc) is 3.57. The summed E-state index contributed by atoms with van der Waals surface area (Å²) in [6, 6.07) is 6.95. The van der Waals surface area contributed by atoms with Crippen LogP contribution in [0.4, 0.5) is 30.2 Å². The molecule has 5 amide bonds. The van der Waals surface area contributed by atoms with Gasteiger partial charge in [0.05, 0.1) is 40.9 Å². The van der Waals surface area contributed by atoms with E-state index in [0.717, 1.165) is 29.1 Å². The summed E-state index contributed by atoms with van der Waals surface area (Å²) in [4.78, 5) is 69.2. The molecule has 2 aromatic carbocycles. The van der Waals surface area contributed by atoms with Gasteiger partial charge in [-0.3, -0.25) is 38.9 Å². The summed E-state index contributed by atoms with van der Waals surface area (Å²) in [6.07, 6.45) is 0.155. The van der Waals surface area contributed by atoms with Crippen molar-refractivity contribution in [2.45, 2.75) is 49.9 Å². The number of benzene rings is 2. The Morgan fingerprint density at radius 3 is 2.49 bits per heavy atom. The Hall–Kier alpha value is -5.96. The number of nitrogens with zero attached hydrogens (tertiary/aromatic N) is 5. The summed E-state index contributed by atoms with van der Waals surface area (Å²) in [6.45, 7) is 8.12. The lowest BCUT2D eigenvalue weighted by Gasteiger charge is -2.40. The summed E-state index contributed by atoms with van der Waals surface area (Å²) in [7, 11) is 0. The largest absolute Gasteiger partial charge is 0.407 e. The van der Waals surface area contributed by atoms with Gasteiger partial charge in [0.2, 0.25) is 11.8 Å². The zero-order valence-corrected chi connectivity index (χ0v) is 25.6. The van der Waals surface area contributed by atoms with Crippen molar-refractivity contribution in [1.82, 2.24) is 20.0 Å². The third-order valence-corrected chi connectivity index (χ3v) is 9.40. The van der Waals surface area contributed by atoms with Gasteiger partial charge in [0.1, 0.15) is 11.6 Å². The van der Waals surface area contributed by atoms with Crippen molar-refractivity contribution in [3.63, 3.8) is 0 Å². The number of amides is 5. The van der Waals surface area contributed by atoms with Crippen molar-refractivity contribution in [3.05, 3.63) is 82.5 Å². The lowest BCUT2D eigenvalue weighted by atomic mass is 9.76. The van der Waals surface area contributed by atoms with Crippen LogP contribution in [0.5, 0.6) is 0 Å². The molecule has 3 aromatic rings. The van der Waals surface area contributed by atoms with Gasteiger partial charge in [-0.2, -0.15) is 18.3 Å². The van der Waals surface area contributed by atoms with Crippen LogP contribution in [0.25, 0.3) is 4.85 Å². The number of aromatic nitrogens is 2. The van der Waals surface area contributed by atoms with E-state index >= 15 is 0 Å². The maximum atomic E-state index is 13.4. The molecule has 4 aliphatic rings. The zero-order chi connectivity index (χ0) is 34.7. The third kappa shape index (κ3) is 5.47. The lowest BCUT2D eigenvalue weighted by Crippen LogP contribution is -2.54. The summed E-state index contributed by atoms with van der Waals surface area (Å²) in [5.74, 6) is 3.49. The van der Waals surface area contributed by atoms with Crippen LogP contribution in [-0.2, 0) is 26.1 Å². The molecule has 1 atom stereocenters. The second-order valence-electron chi connectivity index (χ2n) is 12.4. The highest BCUT2D eigenvalue weighted by atomic mass is 19.4. The molecule has 3 fully saturated rings. The SMILES string of the molecule is [C-]#[N+]c1ccc(NC(=O)C2(n3cc(C#CC4CN(c5ccc6c(c5)C(=O)N(C5CCC(=O)NC5=O)C6=O)C4)cn3)CCC2)cc1C(F)(F)F. The van der Waals surface area contributed by atoms with Gasteiger partial charge in [0.15, 0.2) is 5.69 Å². The molecule has 0 radical (unpaired) electrons. The Balaban J connectivity index is 0.991. The fourth-order valence-corrected chi connectivity index (χ4v) is 6.50. The third-order valence-electron chi connectivity index (χ3n) is 9.40. The second-order valence-corrected chi connectivity index (χ2v) is 12.4. The van der Waals surface area contributed by atoms with Gasteiger partial charge in [0, 0.05) is 37.1 Å². The van der Waals surface area contributed by atoms with Crippen molar-refractivity contribution < 1.29 is 37.1 Å². The number of halogens is 3. The number of alkyl halides is 3. The van der Waals surface area contributed by atoms with E-state index in [9.17, 15) is 37.1 Å². The summed E-state index contributed by atoms with van der Waals surface area (Å²) < 4.78 is 41.8. The van der Waals surface area contributed by atoms with Crippen molar-refractivity contribution in [1.29, 1.82) is 0 Å². The minimum Gasteiger partial charge on any atom is -0.369 e. The van der Waals surface area contributed by atoms with Gasteiger partial charge < -0.3 is 10.2 Å². The molecule has 2 N–H and O–H groups in total. The molecule has 1 aromatic heterocycles. The molecule has 248 valence electrons. The number of imide groups is 2. The molecular formula is C34H26F3N7O5. The molecule has 0 spiro atoms. The van der Waals surface area contributed by atoms with E-state index in [4.69, 9.17) is 6.57 Å². The molecule has 3 aliphatic heterocycles. The molecular weight excluding hydrogens is 643 g/mol. The first-order chi connectivity index (χ1) is 23.4. The standard InChI is InChI=1S/C34H26F3N7O5/c1-38-26-8-5-21(13-25(26)34(35,36)37)40-32(49)33(11-2-12-33)43-18-19(15-39-43)3-4-20-16-42(17-20)22-6-7-23-24(14-22)31(48)44(30(23)47)27-9-10-28(45)41-29(27)46/h5-8,13-15,18,20,27H,2,9-12,16-17H2,(H,40,49)(H,41,45,46). The van der Waals surface area contributed by atoms with E-state index in [1.54, 1.807) is 24.4 Å². The van der Waals surface area contributed by atoms with E-state index in [-0.39, 0.29) is 35.6 Å². The first-order valence-electron chi connectivity index (χ1n) is 15.5. The van der Waals surface area contributed by atoms with Crippen molar-refractivity contribution in [2.75, 3.05) is 23.3 Å². The van der Waals surface area contributed by atoms with Gasteiger partial charge in [-0.25, -0.2) is 4.85 Å². The fraction of sp³-hybridized carbons (Fsp3) is 0.324. The van der Waals surface area contributed by atoms with E-state index in [1.807, 2.05) is 4.90 Å². The van der Waals surface area contributed by atoms with Gasteiger partial charge in [-0.15, -0.1) is 0 Å².